The minimum atomic E-state index is -1.56. The number of ether oxygens (including phenoxy) is 11. The van der Waals surface area contributed by atoms with Gasteiger partial charge in [-0.1, -0.05) is 65.5 Å². The molecule has 0 saturated heterocycles. The lowest BCUT2D eigenvalue weighted by atomic mass is 10.2. The molecule has 14 heteroatoms. The maximum atomic E-state index is 8.30. The van der Waals surface area contributed by atoms with Crippen molar-refractivity contribution in [1.82, 2.24) is 0 Å². The van der Waals surface area contributed by atoms with Gasteiger partial charge in [-0.2, -0.15) is 0 Å². The highest BCUT2D eigenvalue weighted by atomic mass is 28.4. The summed E-state index contributed by atoms with van der Waals surface area (Å²) < 4.78 is 62.1. The van der Waals surface area contributed by atoms with E-state index >= 15 is 0 Å². The van der Waals surface area contributed by atoms with Crippen LogP contribution in [0.25, 0.3) is 0 Å². The first-order chi connectivity index (χ1) is 31.3. The largest absolute Gasteiger partial charge is 0.414 e. The summed E-state index contributed by atoms with van der Waals surface area (Å²) in [5.74, 6) is 0. The van der Waals surface area contributed by atoms with E-state index in [2.05, 4.69) is 71.5 Å². The average molecular weight is 1000 g/mol. The van der Waals surface area contributed by atoms with E-state index in [9.17, 15) is 0 Å². The Labute approximate surface area is 424 Å². The molecule has 0 spiro atoms. The first kappa shape index (κ1) is 81.0. The maximum absolute atomic E-state index is 8.30. The number of benzene rings is 1. The Balaban J connectivity index is -0.000000130. The standard InChI is InChI=1S/C12H18O2.C11H26O2Si.C7H16O2.2C6H14O2.C6H14O.C5H12O2.CH4/c1-11(2)14-9-8-13-10-12-6-4-3-5-7-12;1-10(2)12-8-9-13-14(6,7)11(3,4)5;1-7(2)9-6-4-5-8-3;1-6(2)8-5-4-7-3;1-6(2)8-5-3-4-7;1-4-5-7-6(2)3;1-5(2)7-4-6-3;/h3-7,11H,8-10H2,1-2H3;10H,8-9H2,1-7H3;7H,4-6H2,1-3H3;6H,4-5H2,1-3H3;6-7H,3-5H2,1-2H3;6H,4-5H2,1-3H3;5H,4H2,1-3H3;1H4. The van der Waals surface area contributed by atoms with Gasteiger partial charge in [0.25, 0.3) is 0 Å². The summed E-state index contributed by atoms with van der Waals surface area (Å²) in [5.41, 5.74) is 1.21. The van der Waals surface area contributed by atoms with Gasteiger partial charge in [0.2, 0.25) is 0 Å². The molecule has 68 heavy (non-hydrogen) atoms. The Kier molecular flexibility index (Phi) is 71.7. The van der Waals surface area contributed by atoms with Crippen molar-refractivity contribution in [2.24, 2.45) is 0 Å². The van der Waals surface area contributed by atoms with Gasteiger partial charge >= 0.3 is 0 Å². The molecule has 0 unspecified atom stereocenters. The summed E-state index contributed by atoms with van der Waals surface area (Å²) in [7, 11) is 3.43. The minimum Gasteiger partial charge on any atom is -0.414 e. The van der Waals surface area contributed by atoms with Crippen molar-refractivity contribution in [2.75, 3.05) is 101 Å². The van der Waals surface area contributed by atoms with Crippen LogP contribution in [-0.2, 0) is 63.1 Å². The quantitative estimate of drug-likeness (QED) is 0.0446. The average Bonchev–Trinajstić information content (AvgIpc) is 3.23. The predicted octanol–water partition coefficient (Wildman–Crippen LogP) is 12.8. The molecule has 0 amide bonds. The van der Waals surface area contributed by atoms with Crippen LogP contribution in [-0.4, -0.2) is 157 Å². The second-order valence-electron chi connectivity index (χ2n) is 18.7. The molecule has 0 heterocycles. The molecular weight excluding hydrogens is 885 g/mol. The number of aliphatic hydroxyl groups excluding tert-OH is 1. The zero-order valence-electron chi connectivity index (χ0n) is 48.1. The highest BCUT2D eigenvalue weighted by molar-refractivity contribution is 6.74. The van der Waals surface area contributed by atoms with Gasteiger partial charge in [-0.3, -0.25) is 0 Å². The Bertz CT molecular complexity index is 981. The highest BCUT2D eigenvalue weighted by Crippen LogP contribution is 2.36. The molecule has 0 atom stereocenters. The van der Waals surface area contributed by atoms with E-state index in [4.69, 9.17) is 56.9 Å². The molecule has 0 saturated carbocycles. The molecule has 1 rings (SSSR count). The molecule has 0 bridgehead atoms. The van der Waals surface area contributed by atoms with Gasteiger partial charge in [-0.15, -0.1) is 0 Å². The molecule has 0 aromatic heterocycles. The molecule has 0 radical (unpaired) electrons. The number of hydrogen-bond acceptors (Lipinski definition) is 13. The van der Waals surface area contributed by atoms with E-state index in [1.807, 2.05) is 101 Å². The van der Waals surface area contributed by atoms with E-state index in [0.717, 1.165) is 45.7 Å². The van der Waals surface area contributed by atoms with Crippen molar-refractivity contribution in [2.45, 2.75) is 219 Å². The molecular formula is C54H118O13Si. The van der Waals surface area contributed by atoms with E-state index in [-0.39, 0.29) is 26.2 Å². The van der Waals surface area contributed by atoms with Gasteiger partial charge in [0.05, 0.1) is 89.0 Å². The monoisotopic (exact) mass is 1000 g/mol. The van der Waals surface area contributed by atoms with Gasteiger partial charge in [-0.25, -0.2) is 0 Å². The Morgan fingerprint density at radius 1 is 0.471 bits per heavy atom. The van der Waals surface area contributed by atoms with E-state index < -0.39 is 8.32 Å². The first-order valence-corrected chi connectivity index (χ1v) is 27.9. The van der Waals surface area contributed by atoms with Crippen molar-refractivity contribution >= 4 is 8.32 Å². The topological polar surface area (TPSA) is 131 Å². The van der Waals surface area contributed by atoms with Gasteiger partial charge in [0.1, 0.15) is 6.79 Å². The lowest BCUT2D eigenvalue weighted by Crippen LogP contribution is -2.41. The fourth-order valence-corrected chi connectivity index (χ4v) is 4.76. The summed E-state index contributed by atoms with van der Waals surface area (Å²) in [6.07, 6.45) is 5.10. The third kappa shape index (κ3) is 84.8. The number of aliphatic hydroxyl groups is 1. The van der Waals surface area contributed by atoms with Crippen LogP contribution in [0, 0.1) is 0 Å². The third-order valence-electron chi connectivity index (χ3n) is 8.20. The van der Waals surface area contributed by atoms with Crippen LogP contribution in [0.3, 0.4) is 0 Å². The van der Waals surface area contributed by atoms with Gasteiger partial charge in [0, 0.05) is 54.4 Å². The van der Waals surface area contributed by atoms with Gasteiger partial charge in [-0.05, 0) is 140 Å². The molecule has 0 aliphatic rings. The second-order valence-corrected chi connectivity index (χ2v) is 23.5. The third-order valence-corrected chi connectivity index (χ3v) is 12.7. The summed E-state index contributed by atoms with van der Waals surface area (Å²) in [6.45, 7) is 50.3. The molecule has 0 aliphatic carbocycles. The van der Waals surface area contributed by atoms with Crippen LogP contribution in [0.15, 0.2) is 30.3 Å². The van der Waals surface area contributed by atoms with E-state index in [1.165, 1.54) is 5.56 Å². The van der Waals surface area contributed by atoms with Crippen LogP contribution < -0.4 is 0 Å². The van der Waals surface area contributed by atoms with E-state index in [0.29, 0.717) is 88.6 Å². The Morgan fingerprint density at radius 2 is 0.853 bits per heavy atom. The van der Waals surface area contributed by atoms with Crippen LogP contribution >= 0.6 is 0 Å². The SMILES string of the molecule is C.CC(C)OCCCO.CC(C)OCCOCc1ccccc1.CC(C)OCCO[Si](C)(C)C(C)(C)C.CCCOC(C)C.COCCCOC(C)C.COCCOC(C)C.COCOC(C)C. The summed E-state index contributed by atoms with van der Waals surface area (Å²) in [6, 6.07) is 10.2. The maximum Gasteiger partial charge on any atom is 0.192 e. The fraction of sp³-hybridized carbons (Fsp3) is 0.889. The van der Waals surface area contributed by atoms with Crippen LogP contribution in [0.5, 0.6) is 0 Å². The molecule has 13 nitrogen and oxygen atoms in total. The molecule has 416 valence electrons. The fourth-order valence-electron chi connectivity index (χ4n) is 3.73. The van der Waals surface area contributed by atoms with Gasteiger partial charge < -0.3 is 61.6 Å². The van der Waals surface area contributed by atoms with Crippen molar-refractivity contribution in [3.8, 4) is 0 Å². The minimum absolute atomic E-state index is 0. The zero-order valence-corrected chi connectivity index (χ0v) is 49.1. The van der Waals surface area contributed by atoms with E-state index in [1.54, 1.807) is 21.3 Å². The summed E-state index contributed by atoms with van der Waals surface area (Å²) in [4.78, 5) is 0. The lowest BCUT2D eigenvalue weighted by Gasteiger charge is -2.36. The first-order valence-electron chi connectivity index (χ1n) is 25.0. The molecule has 1 N–H and O–H groups in total. The van der Waals surface area contributed by atoms with Crippen LogP contribution in [0.2, 0.25) is 18.1 Å². The lowest BCUT2D eigenvalue weighted by molar-refractivity contribution is -0.0587. The molecule has 0 fully saturated rings. The Morgan fingerprint density at radius 3 is 1.19 bits per heavy atom. The molecule has 1 aromatic carbocycles. The second kappa shape index (κ2) is 60.2. The van der Waals surface area contributed by atoms with Crippen LogP contribution in [0.1, 0.15) is 157 Å². The smallest absolute Gasteiger partial charge is 0.192 e. The van der Waals surface area contributed by atoms with Crippen LogP contribution in [0.4, 0.5) is 0 Å². The van der Waals surface area contributed by atoms with Gasteiger partial charge in [0.15, 0.2) is 8.32 Å². The zero-order chi connectivity index (χ0) is 53.0. The van der Waals surface area contributed by atoms with Crippen molar-refractivity contribution in [3.05, 3.63) is 35.9 Å². The Hall–Kier alpha value is -1.08. The van der Waals surface area contributed by atoms with Crippen molar-refractivity contribution < 1.29 is 61.6 Å². The summed E-state index contributed by atoms with van der Waals surface area (Å²) >= 11 is 0. The number of hydrogen-bond donors (Lipinski definition) is 1. The highest BCUT2D eigenvalue weighted by Gasteiger charge is 2.36. The predicted molar refractivity (Wildman–Crippen MR) is 291 cm³/mol. The number of methoxy groups -OCH3 is 3. The normalized spacial score (nSPS) is 11.0. The summed E-state index contributed by atoms with van der Waals surface area (Å²) in [5, 5.41) is 8.60. The van der Waals surface area contributed by atoms with Crippen molar-refractivity contribution in [3.63, 3.8) is 0 Å². The molecule has 0 aliphatic heterocycles. The van der Waals surface area contributed by atoms with Crippen molar-refractivity contribution in [1.29, 1.82) is 0 Å². The number of rotatable bonds is 30. The molecule has 1 aromatic rings.